The number of nitriles is 2. The van der Waals surface area contributed by atoms with Gasteiger partial charge in [0.2, 0.25) is 11.6 Å². The number of amides is 1. The van der Waals surface area contributed by atoms with Crippen molar-refractivity contribution in [1.82, 2.24) is 15.4 Å². The van der Waals surface area contributed by atoms with Crippen LogP contribution in [0.15, 0.2) is 30.6 Å². The number of non-ortho nitro benzene ring substituents is 1. The third kappa shape index (κ3) is 5.81. The Morgan fingerprint density at radius 2 is 1.65 bits per heavy atom. The van der Waals surface area contributed by atoms with E-state index in [9.17, 15) is 25.0 Å². The molecule has 31 heavy (non-hydrogen) atoms. The fourth-order valence-corrected chi connectivity index (χ4v) is 2.48. The molecule has 1 aromatic heterocycles. The number of aromatic nitrogens is 2. The highest BCUT2D eigenvalue weighted by atomic mass is 16.6. The lowest BCUT2D eigenvalue weighted by atomic mass is 10.2. The Kier molecular flexibility index (Phi) is 7.69. The Morgan fingerprint density at radius 3 is 2.16 bits per heavy atom. The van der Waals surface area contributed by atoms with Crippen molar-refractivity contribution in [2.45, 2.75) is 12.8 Å². The van der Waals surface area contributed by atoms with E-state index in [1.54, 1.807) is 0 Å². The Bertz CT molecular complexity index is 1040. The number of rotatable bonds is 10. The first kappa shape index (κ1) is 22.4. The summed E-state index contributed by atoms with van der Waals surface area (Å²) in [6.07, 6.45) is 1.13. The van der Waals surface area contributed by atoms with Crippen LogP contribution in [0, 0.1) is 42.9 Å². The van der Waals surface area contributed by atoms with Gasteiger partial charge in [-0.3, -0.25) is 35.9 Å². The number of nitro benzene ring substituents is 1. The number of nitrogens with one attached hydrogen (secondary N) is 2. The SMILES string of the molecule is N#CCCN(CCC#N)c1ncnc(NNC(=O)c2ccc([N+](=O)[O-])cc2)c1[N+](=O)[O-]. The van der Waals surface area contributed by atoms with Gasteiger partial charge in [-0.2, -0.15) is 10.5 Å². The topological polar surface area (TPSA) is 204 Å². The summed E-state index contributed by atoms with van der Waals surface area (Å²) in [5, 5.41) is 40.0. The molecule has 0 unspecified atom stereocenters. The highest BCUT2D eigenvalue weighted by Gasteiger charge is 2.27. The predicted molar refractivity (Wildman–Crippen MR) is 106 cm³/mol. The van der Waals surface area contributed by atoms with E-state index in [2.05, 4.69) is 20.8 Å². The maximum atomic E-state index is 12.2. The van der Waals surface area contributed by atoms with Gasteiger partial charge in [-0.1, -0.05) is 0 Å². The number of hydrogen-bond acceptors (Lipinski definition) is 11. The zero-order chi connectivity index (χ0) is 22.8. The highest BCUT2D eigenvalue weighted by Crippen LogP contribution is 2.31. The number of benzene rings is 1. The smallest absolute Gasteiger partial charge is 0.349 e. The summed E-state index contributed by atoms with van der Waals surface area (Å²) >= 11 is 0. The second-order valence-corrected chi connectivity index (χ2v) is 5.84. The molecule has 158 valence electrons. The summed E-state index contributed by atoms with van der Waals surface area (Å²) in [5.41, 5.74) is 3.91. The van der Waals surface area contributed by atoms with Crippen LogP contribution in [0.3, 0.4) is 0 Å². The van der Waals surface area contributed by atoms with E-state index in [1.165, 1.54) is 17.0 Å². The Balaban J connectivity index is 2.26. The maximum absolute atomic E-state index is 12.2. The summed E-state index contributed by atoms with van der Waals surface area (Å²) in [5.74, 6) is -1.14. The Hall–Kier alpha value is -4.85. The number of carbonyl (C=O) groups is 1. The molecule has 1 heterocycles. The van der Waals surface area contributed by atoms with Crippen LogP contribution in [0.1, 0.15) is 23.2 Å². The van der Waals surface area contributed by atoms with E-state index in [1.807, 2.05) is 12.1 Å². The fourth-order valence-electron chi connectivity index (χ4n) is 2.48. The molecule has 0 aliphatic carbocycles. The Morgan fingerprint density at radius 1 is 1.03 bits per heavy atom. The average Bonchev–Trinajstić information content (AvgIpc) is 2.77. The van der Waals surface area contributed by atoms with E-state index < -0.39 is 21.4 Å². The van der Waals surface area contributed by atoms with Crippen molar-refractivity contribution in [3.8, 4) is 12.1 Å². The van der Waals surface area contributed by atoms with E-state index >= 15 is 0 Å². The standard InChI is InChI=1S/C17H15N9O5/c18-7-1-9-24(10-2-8-19)16-14(26(30)31)15(20-11-21-16)22-23-17(27)12-3-5-13(6-4-12)25(28)29/h3-6,11H,1-2,9-10H2,(H,23,27)(H,20,21,22). The lowest BCUT2D eigenvalue weighted by Crippen LogP contribution is -2.31. The summed E-state index contributed by atoms with van der Waals surface area (Å²) in [7, 11) is 0. The zero-order valence-electron chi connectivity index (χ0n) is 15.9. The molecule has 2 rings (SSSR count). The van der Waals surface area contributed by atoms with Crippen LogP contribution in [0.5, 0.6) is 0 Å². The van der Waals surface area contributed by atoms with Crippen LogP contribution in [0.2, 0.25) is 0 Å². The summed E-state index contributed by atoms with van der Waals surface area (Å²) < 4.78 is 0. The number of nitrogens with zero attached hydrogens (tertiary/aromatic N) is 7. The minimum atomic E-state index is -0.749. The molecule has 0 saturated heterocycles. The summed E-state index contributed by atoms with van der Waals surface area (Å²) in [6, 6.07) is 8.58. The van der Waals surface area contributed by atoms with Crippen molar-refractivity contribution in [2.24, 2.45) is 0 Å². The van der Waals surface area contributed by atoms with Crippen molar-refractivity contribution in [3.05, 3.63) is 56.4 Å². The third-order valence-electron chi connectivity index (χ3n) is 3.91. The number of hydrazine groups is 1. The minimum absolute atomic E-state index is 0.0478. The summed E-state index contributed by atoms with van der Waals surface area (Å²) in [4.78, 5) is 42.3. The van der Waals surface area contributed by atoms with Gasteiger partial charge in [0.25, 0.3) is 11.6 Å². The third-order valence-corrected chi connectivity index (χ3v) is 3.91. The molecule has 0 aliphatic heterocycles. The molecule has 0 spiro atoms. The van der Waals surface area contributed by atoms with Gasteiger partial charge in [0.15, 0.2) is 0 Å². The van der Waals surface area contributed by atoms with Crippen LogP contribution < -0.4 is 15.8 Å². The van der Waals surface area contributed by atoms with Crippen LogP contribution >= 0.6 is 0 Å². The molecule has 0 fully saturated rings. The highest BCUT2D eigenvalue weighted by molar-refractivity contribution is 5.95. The van der Waals surface area contributed by atoms with Crippen molar-refractivity contribution in [1.29, 1.82) is 10.5 Å². The average molecular weight is 425 g/mol. The van der Waals surface area contributed by atoms with Crippen LogP contribution in [-0.2, 0) is 0 Å². The van der Waals surface area contributed by atoms with Crippen molar-refractivity contribution >= 4 is 28.9 Å². The van der Waals surface area contributed by atoms with Crippen molar-refractivity contribution < 1.29 is 14.6 Å². The van der Waals surface area contributed by atoms with Gasteiger partial charge in [0.1, 0.15) is 6.33 Å². The summed E-state index contributed by atoms with van der Waals surface area (Å²) in [6.45, 7) is 0.204. The first-order chi connectivity index (χ1) is 14.9. The van der Waals surface area contributed by atoms with E-state index in [-0.39, 0.29) is 48.8 Å². The second-order valence-electron chi connectivity index (χ2n) is 5.84. The molecule has 0 aliphatic rings. The molecule has 2 N–H and O–H groups in total. The number of carbonyl (C=O) groups excluding carboxylic acids is 1. The van der Waals surface area contributed by atoms with E-state index in [0.717, 1.165) is 18.5 Å². The van der Waals surface area contributed by atoms with Crippen molar-refractivity contribution in [3.63, 3.8) is 0 Å². The molecular weight excluding hydrogens is 410 g/mol. The van der Waals surface area contributed by atoms with Crippen LogP contribution in [0.25, 0.3) is 0 Å². The van der Waals surface area contributed by atoms with Gasteiger partial charge in [-0.25, -0.2) is 9.97 Å². The zero-order valence-corrected chi connectivity index (χ0v) is 15.9. The molecule has 14 heteroatoms. The van der Waals surface area contributed by atoms with Crippen LogP contribution in [0.4, 0.5) is 23.0 Å². The second kappa shape index (κ2) is 10.6. The Labute approximate surface area is 175 Å². The molecule has 1 aromatic carbocycles. The first-order valence-electron chi connectivity index (χ1n) is 8.68. The van der Waals surface area contributed by atoms with E-state index in [4.69, 9.17) is 10.5 Å². The quantitative estimate of drug-likeness (QED) is 0.413. The molecule has 0 atom stereocenters. The lowest BCUT2D eigenvalue weighted by molar-refractivity contribution is -0.384. The first-order valence-corrected chi connectivity index (χ1v) is 8.68. The molecule has 2 aromatic rings. The molecule has 1 amide bonds. The fraction of sp³-hybridized carbons (Fsp3) is 0.235. The van der Waals surface area contributed by atoms with Gasteiger partial charge < -0.3 is 4.90 Å². The monoisotopic (exact) mass is 425 g/mol. The van der Waals surface area contributed by atoms with Gasteiger partial charge in [-0.05, 0) is 12.1 Å². The lowest BCUT2D eigenvalue weighted by Gasteiger charge is -2.21. The molecular formula is C17H15N9O5. The van der Waals surface area contributed by atoms with Crippen LogP contribution in [-0.4, -0.2) is 38.8 Å². The van der Waals surface area contributed by atoms with Gasteiger partial charge >= 0.3 is 5.69 Å². The molecule has 0 bridgehead atoms. The van der Waals surface area contributed by atoms with E-state index in [0.29, 0.717) is 0 Å². The molecule has 14 nitrogen and oxygen atoms in total. The molecule has 0 saturated carbocycles. The normalized spacial score (nSPS) is 9.74. The minimum Gasteiger partial charge on any atom is -0.349 e. The largest absolute Gasteiger partial charge is 0.355 e. The number of nitro groups is 2. The number of anilines is 2. The van der Waals surface area contributed by atoms with Gasteiger partial charge in [0.05, 0.1) is 34.8 Å². The van der Waals surface area contributed by atoms with Gasteiger partial charge in [0, 0.05) is 30.8 Å². The van der Waals surface area contributed by atoms with Gasteiger partial charge in [-0.15, -0.1) is 0 Å². The van der Waals surface area contributed by atoms with Crippen molar-refractivity contribution in [2.75, 3.05) is 23.4 Å². The predicted octanol–water partition coefficient (Wildman–Crippen LogP) is 1.68. The molecule has 0 radical (unpaired) electrons. The number of hydrogen-bond donors (Lipinski definition) is 2. The maximum Gasteiger partial charge on any atom is 0.355 e.